The summed E-state index contributed by atoms with van der Waals surface area (Å²) in [7, 11) is 0. The minimum absolute atomic E-state index is 0.411. The lowest BCUT2D eigenvalue weighted by atomic mass is 10.0. The lowest BCUT2D eigenvalue weighted by Crippen LogP contribution is -2.05. The summed E-state index contributed by atoms with van der Waals surface area (Å²) in [5.41, 5.74) is 3.21. The van der Waals surface area contributed by atoms with E-state index >= 15 is 0 Å². The molecule has 0 saturated carbocycles. The zero-order valence-corrected chi connectivity index (χ0v) is 8.60. The van der Waals surface area contributed by atoms with Gasteiger partial charge in [0.2, 0.25) is 6.10 Å². The second kappa shape index (κ2) is 4.14. The Kier molecular flexibility index (Phi) is 2.68. The first-order valence-electron chi connectivity index (χ1n) is 5.05. The van der Waals surface area contributed by atoms with Crippen LogP contribution in [0.5, 0.6) is 0 Å². The molecular weight excluding hydrogens is 188 g/mol. The summed E-state index contributed by atoms with van der Waals surface area (Å²) in [4.78, 5) is 4.95. The van der Waals surface area contributed by atoms with E-state index in [0.717, 1.165) is 17.7 Å². The molecule has 1 aromatic carbocycles. The summed E-state index contributed by atoms with van der Waals surface area (Å²) in [6.45, 7) is 2.12. The van der Waals surface area contributed by atoms with E-state index in [-0.39, 0.29) is 0 Å². The van der Waals surface area contributed by atoms with Crippen LogP contribution in [0.3, 0.4) is 0 Å². The number of oxime groups is 1. The van der Waals surface area contributed by atoms with E-state index < -0.39 is 6.10 Å². The van der Waals surface area contributed by atoms with Crippen LogP contribution in [-0.4, -0.2) is 11.8 Å². The summed E-state index contributed by atoms with van der Waals surface area (Å²) in [5.74, 6) is 0. The average Bonchev–Trinajstić information content (AvgIpc) is 2.78. The van der Waals surface area contributed by atoms with Crippen LogP contribution in [0, 0.1) is 11.3 Å². The molecule has 1 aromatic rings. The Balaban J connectivity index is 2.15. The molecule has 3 heteroatoms. The van der Waals surface area contributed by atoms with Gasteiger partial charge in [0.25, 0.3) is 0 Å². The fourth-order valence-electron chi connectivity index (χ4n) is 1.55. The molecule has 3 nitrogen and oxygen atoms in total. The molecule has 76 valence electrons. The zero-order chi connectivity index (χ0) is 10.7. The van der Waals surface area contributed by atoms with Crippen molar-refractivity contribution in [3.8, 4) is 6.07 Å². The van der Waals surface area contributed by atoms with Gasteiger partial charge in [-0.3, -0.25) is 0 Å². The Morgan fingerprint density at radius 1 is 1.47 bits per heavy atom. The topological polar surface area (TPSA) is 45.4 Å². The molecule has 1 unspecified atom stereocenters. The van der Waals surface area contributed by atoms with Crippen molar-refractivity contribution in [1.29, 1.82) is 5.26 Å². The van der Waals surface area contributed by atoms with Gasteiger partial charge in [-0.15, -0.1) is 0 Å². The van der Waals surface area contributed by atoms with Gasteiger partial charge in [0.05, 0.1) is 5.71 Å². The second-order valence-corrected chi connectivity index (χ2v) is 3.52. The highest BCUT2D eigenvalue weighted by Crippen LogP contribution is 2.16. The minimum Gasteiger partial charge on any atom is -0.376 e. The van der Waals surface area contributed by atoms with Crippen molar-refractivity contribution in [1.82, 2.24) is 0 Å². The SMILES string of the molecule is CCc1ccc(C2=NOC(C#N)C2)cc1. The van der Waals surface area contributed by atoms with Crippen molar-refractivity contribution in [2.45, 2.75) is 25.9 Å². The van der Waals surface area contributed by atoms with E-state index in [1.54, 1.807) is 0 Å². The monoisotopic (exact) mass is 200 g/mol. The van der Waals surface area contributed by atoms with Gasteiger partial charge in [-0.25, -0.2) is 0 Å². The molecule has 0 saturated heterocycles. The number of hydrogen-bond acceptors (Lipinski definition) is 3. The number of benzene rings is 1. The lowest BCUT2D eigenvalue weighted by Gasteiger charge is -2.00. The molecule has 0 aliphatic carbocycles. The van der Waals surface area contributed by atoms with Gasteiger partial charge in [-0.2, -0.15) is 5.26 Å². The Bertz CT molecular complexity index is 414. The molecule has 0 spiro atoms. The quantitative estimate of drug-likeness (QED) is 0.735. The van der Waals surface area contributed by atoms with Crippen molar-refractivity contribution >= 4 is 5.71 Å². The molecule has 0 radical (unpaired) electrons. The Morgan fingerprint density at radius 3 is 2.73 bits per heavy atom. The fourth-order valence-corrected chi connectivity index (χ4v) is 1.55. The Morgan fingerprint density at radius 2 is 2.20 bits per heavy atom. The predicted molar refractivity (Wildman–Crippen MR) is 57.5 cm³/mol. The fraction of sp³-hybridized carbons (Fsp3) is 0.333. The van der Waals surface area contributed by atoms with Crippen LogP contribution in [0.4, 0.5) is 0 Å². The van der Waals surface area contributed by atoms with Crippen molar-refractivity contribution in [3.63, 3.8) is 0 Å². The third-order valence-electron chi connectivity index (χ3n) is 2.51. The molecular formula is C12H12N2O. The lowest BCUT2D eigenvalue weighted by molar-refractivity contribution is 0.125. The van der Waals surface area contributed by atoms with Crippen LogP contribution in [0.15, 0.2) is 29.4 Å². The largest absolute Gasteiger partial charge is 0.376 e. The number of nitriles is 1. The van der Waals surface area contributed by atoms with E-state index in [1.807, 2.05) is 18.2 Å². The maximum Gasteiger partial charge on any atom is 0.218 e. The summed E-state index contributed by atoms with van der Waals surface area (Å²) in [5, 5.41) is 12.6. The first-order valence-corrected chi connectivity index (χ1v) is 5.05. The van der Waals surface area contributed by atoms with E-state index in [2.05, 4.69) is 24.2 Å². The number of nitrogens with zero attached hydrogens (tertiary/aromatic N) is 2. The normalized spacial score (nSPS) is 19.2. The number of rotatable bonds is 2. The molecule has 15 heavy (non-hydrogen) atoms. The molecule has 0 bridgehead atoms. The highest BCUT2D eigenvalue weighted by atomic mass is 16.6. The molecule has 1 aliphatic rings. The van der Waals surface area contributed by atoms with Crippen molar-refractivity contribution in [2.75, 3.05) is 0 Å². The standard InChI is InChI=1S/C12H12N2O/c1-2-9-3-5-10(6-4-9)12-7-11(8-13)15-14-12/h3-6,11H,2,7H2,1H3. The molecule has 1 heterocycles. The van der Waals surface area contributed by atoms with Gasteiger partial charge in [0, 0.05) is 6.42 Å². The van der Waals surface area contributed by atoms with Gasteiger partial charge in [-0.1, -0.05) is 36.3 Å². The third-order valence-corrected chi connectivity index (χ3v) is 2.51. The highest BCUT2D eigenvalue weighted by Gasteiger charge is 2.21. The average molecular weight is 200 g/mol. The summed E-state index contributed by atoms with van der Waals surface area (Å²) in [6.07, 6.45) is 1.21. The van der Waals surface area contributed by atoms with Gasteiger partial charge in [0.1, 0.15) is 6.07 Å². The van der Waals surface area contributed by atoms with Crippen LogP contribution in [0.25, 0.3) is 0 Å². The van der Waals surface area contributed by atoms with E-state index in [9.17, 15) is 0 Å². The highest BCUT2D eigenvalue weighted by molar-refractivity contribution is 6.01. The van der Waals surface area contributed by atoms with Crippen LogP contribution in [-0.2, 0) is 11.3 Å². The predicted octanol–water partition coefficient (Wildman–Crippen LogP) is 2.27. The molecule has 0 amide bonds. The molecule has 1 atom stereocenters. The van der Waals surface area contributed by atoms with Gasteiger partial charge < -0.3 is 4.84 Å². The summed E-state index contributed by atoms with van der Waals surface area (Å²) < 4.78 is 0. The molecule has 0 aromatic heterocycles. The van der Waals surface area contributed by atoms with Gasteiger partial charge in [0.15, 0.2) is 0 Å². The van der Waals surface area contributed by atoms with Crippen LogP contribution >= 0.6 is 0 Å². The van der Waals surface area contributed by atoms with E-state index in [0.29, 0.717) is 6.42 Å². The number of hydrogen-bond donors (Lipinski definition) is 0. The summed E-state index contributed by atoms with van der Waals surface area (Å²) >= 11 is 0. The van der Waals surface area contributed by atoms with E-state index in [4.69, 9.17) is 10.1 Å². The van der Waals surface area contributed by atoms with E-state index in [1.165, 1.54) is 5.56 Å². The maximum atomic E-state index is 8.66. The van der Waals surface area contributed by atoms with Crippen LogP contribution in [0.2, 0.25) is 0 Å². The van der Waals surface area contributed by atoms with Crippen molar-refractivity contribution < 1.29 is 4.84 Å². The Hall–Kier alpha value is -1.82. The molecule has 0 fully saturated rings. The number of aryl methyl sites for hydroxylation is 1. The van der Waals surface area contributed by atoms with Crippen LogP contribution in [0.1, 0.15) is 24.5 Å². The smallest absolute Gasteiger partial charge is 0.218 e. The van der Waals surface area contributed by atoms with Crippen molar-refractivity contribution in [3.05, 3.63) is 35.4 Å². The van der Waals surface area contributed by atoms with Gasteiger partial charge in [-0.05, 0) is 17.5 Å². The third kappa shape index (κ3) is 1.99. The van der Waals surface area contributed by atoms with Gasteiger partial charge >= 0.3 is 0 Å². The van der Waals surface area contributed by atoms with Crippen LogP contribution < -0.4 is 0 Å². The summed E-state index contributed by atoms with van der Waals surface area (Å²) in [6, 6.07) is 10.3. The molecule has 0 N–H and O–H groups in total. The first kappa shape index (κ1) is 9.72. The maximum absolute atomic E-state index is 8.66. The van der Waals surface area contributed by atoms with Crippen molar-refractivity contribution in [2.24, 2.45) is 5.16 Å². The first-order chi connectivity index (χ1) is 7.33. The molecule has 2 rings (SSSR count). The molecule has 1 aliphatic heterocycles. The Labute approximate surface area is 89.0 Å². The second-order valence-electron chi connectivity index (χ2n) is 3.52. The minimum atomic E-state index is -0.411. The zero-order valence-electron chi connectivity index (χ0n) is 8.60.